The van der Waals surface area contributed by atoms with Gasteiger partial charge in [0.2, 0.25) is 5.91 Å². The van der Waals surface area contributed by atoms with Crippen LogP contribution < -0.4 is 10.1 Å². The monoisotopic (exact) mass is 394 g/mol. The molecule has 1 amide bonds. The summed E-state index contributed by atoms with van der Waals surface area (Å²) < 4.78 is 11.0. The lowest BCUT2D eigenvalue weighted by atomic mass is 10.1. The van der Waals surface area contributed by atoms with Crippen molar-refractivity contribution in [3.05, 3.63) is 36.0 Å². The van der Waals surface area contributed by atoms with E-state index in [0.717, 1.165) is 21.5 Å². The van der Waals surface area contributed by atoms with Crippen molar-refractivity contribution in [3.8, 4) is 22.4 Å². The van der Waals surface area contributed by atoms with Crippen molar-refractivity contribution in [2.75, 3.05) is 25.6 Å². The molecule has 8 heteroatoms. The minimum atomic E-state index is -0.218. The van der Waals surface area contributed by atoms with Crippen LogP contribution in [0.15, 0.2) is 36.0 Å². The van der Waals surface area contributed by atoms with E-state index in [-0.39, 0.29) is 17.7 Å². The standard InChI is InChI=1S/C20H18N4O3S/c1-26-4-5-27-18-8-17(19-10-22-11-28-19)24-16-3-2-13(7-15(16)18)23-20(25)14-6-12(14)9-21/h2-3,7-8,10-12,14H,4-6H2,1H3,(H,23,25)/t12-,14+/m0/s1. The van der Waals surface area contributed by atoms with E-state index in [4.69, 9.17) is 19.7 Å². The van der Waals surface area contributed by atoms with Crippen molar-refractivity contribution >= 4 is 33.8 Å². The Morgan fingerprint density at radius 1 is 1.39 bits per heavy atom. The fraction of sp³-hybridized carbons (Fsp3) is 0.300. The summed E-state index contributed by atoms with van der Waals surface area (Å²) in [7, 11) is 1.62. The Bertz CT molecular complexity index is 1050. The first-order valence-corrected chi connectivity index (χ1v) is 9.73. The SMILES string of the molecule is COCCOc1cc(-c2cncs2)nc2ccc(NC(=O)[C@@H]3C[C@H]3C#N)cc12. The van der Waals surface area contributed by atoms with E-state index in [1.54, 1.807) is 18.8 Å². The summed E-state index contributed by atoms with van der Waals surface area (Å²) in [6.07, 6.45) is 2.40. The highest BCUT2D eigenvalue weighted by Crippen LogP contribution is 2.39. The maximum atomic E-state index is 12.3. The number of amides is 1. The zero-order valence-electron chi connectivity index (χ0n) is 15.2. The van der Waals surface area contributed by atoms with Crippen molar-refractivity contribution in [2.24, 2.45) is 11.8 Å². The second-order valence-electron chi connectivity index (χ2n) is 6.51. The molecule has 0 unspecified atom stereocenters. The Hall–Kier alpha value is -3.02. The molecule has 0 radical (unpaired) electrons. The summed E-state index contributed by atoms with van der Waals surface area (Å²) in [6.45, 7) is 0.869. The summed E-state index contributed by atoms with van der Waals surface area (Å²) >= 11 is 1.51. The van der Waals surface area contributed by atoms with Gasteiger partial charge in [0.05, 0.1) is 46.1 Å². The van der Waals surface area contributed by atoms with Gasteiger partial charge in [-0.3, -0.25) is 9.78 Å². The van der Waals surface area contributed by atoms with Crippen LogP contribution in [-0.4, -0.2) is 36.2 Å². The van der Waals surface area contributed by atoms with Crippen molar-refractivity contribution in [3.63, 3.8) is 0 Å². The zero-order valence-corrected chi connectivity index (χ0v) is 16.0. The van der Waals surface area contributed by atoms with Gasteiger partial charge in [-0.25, -0.2) is 4.98 Å². The van der Waals surface area contributed by atoms with Crippen LogP contribution in [0.5, 0.6) is 5.75 Å². The van der Waals surface area contributed by atoms with E-state index in [1.165, 1.54) is 11.3 Å². The first kappa shape index (κ1) is 18.3. The van der Waals surface area contributed by atoms with Crippen LogP contribution >= 0.6 is 11.3 Å². The number of hydrogen-bond acceptors (Lipinski definition) is 7. The molecule has 1 aromatic carbocycles. The molecule has 0 saturated heterocycles. The number of thiazole rings is 1. The zero-order chi connectivity index (χ0) is 19.5. The van der Waals surface area contributed by atoms with E-state index in [2.05, 4.69) is 16.4 Å². The molecule has 1 aliphatic rings. The minimum Gasteiger partial charge on any atom is -0.490 e. The van der Waals surface area contributed by atoms with Gasteiger partial charge in [-0.15, -0.1) is 11.3 Å². The van der Waals surface area contributed by atoms with E-state index >= 15 is 0 Å². The number of methoxy groups -OCH3 is 1. The number of benzene rings is 1. The lowest BCUT2D eigenvalue weighted by Gasteiger charge is -2.12. The predicted octanol–water partition coefficient (Wildman–Crippen LogP) is 3.48. The molecule has 142 valence electrons. The van der Waals surface area contributed by atoms with Gasteiger partial charge in [-0.05, 0) is 24.6 Å². The van der Waals surface area contributed by atoms with Gasteiger partial charge in [0.1, 0.15) is 12.4 Å². The van der Waals surface area contributed by atoms with Crippen LogP contribution in [0.4, 0.5) is 5.69 Å². The van der Waals surface area contributed by atoms with E-state index < -0.39 is 0 Å². The Balaban J connectivity index is 1.66. The number of aromatic nitrogens is 2. The fourth-order valence-corrected chi connectivity index (χ4v) is 3.54. The molecule has 1 saturated carbocycles. The quantitative estimate of drug-likeness (QED) is 0.616. The highest BCUT2D eigenvalue weighted by atomic mass is 32.1. The lowest BCUT2D eigenvalue weighted by Crippen LogP contribution is -2.14. The highest BCUT2D eigenvalue weighted by Gasteiger charge is 2.43. The van der Waals surface area contributed by atoms with E-state index in [1.807, 2.05) is 24.3 Å². The van der Waals surface area contributed by atoms with Crippen LogP contribution in [0.3, 0.4) is 0 Å². The van der Waals surface area contributed by atoms with E-state index in [9.17, 15) is 4.79 Å². The smallest absolute Gasteiger partial charge is 0.228 e. The molecule has 7 nitrogen and oxygen atoms in total. The van der Waals surface area contributed by atoms with Gasteiger partial charge in [-0.1, -0.05) is 0 Å². The largest absolute Gasteiger partial charge is 0.490 e. The second-order valence-corrected chi connectivity index (χ2v) is 7.40. The van der Waals surface area contributed by atoms with Crippen LogP contribution in [0.25, 0.3) is 21.5 Å². The second kappa shape index (κ2) is 7.92. The van der Waals surface area contributed by atoms with Gasteiger partial charge in [-0.2, -0.15) is 5.26 Å². The van der Waals surface area contributed by atoms with Gasteiger partial charge >= 0.3 is 0 Å². The molecule has 1 N–H and O–H groups in total. The normalized spacial score (nSPS) is 17.9. The number of nitriles is 1. The highest BCUT2D eigenvalue weighted by molar-refractivity contribution is 7.13. The molecule has 1 aliphatic carbocycles. The number of anilines is 1. The minimum absolute atomic E-state index is 0.123. The summed E-state index contributed by atoms with van der Waals surface area (Å²) in [4.78, 5) is 22.0. The van der Waals surface area contributed by atoms with Crippen LogP contribution in [0.2, 0.25) is 0 Å². The van der Waals surface area contributed by atoms with Crippen molar-refractivity contribution in [1.29, 1.82) is 5.26 Å². The first-order valence-electron chi connectivity index (χ1n) is 8.85. The molecule has 3 aromatic rings. The number of nitrogens with zero attached hydrogens (tertiary/aromatic N) is 3. The third-order valence-electron chi connectivity index (χ3n) is 4.56. The number of nitrogens with one attached hydrogen (secondary N) is 1. The fourth-order valence-electron chi connectivity index (χ4n) is 2.96. The number of fused-ring (bicyclic) bond motifs is 1. The van der Waals surface area contributed by atoms with Gasteiger partial charge in [0.15, 0.2) is 0 Å². The topological polar surface area (TPSA) is 97.1 Å². The molecule has 4 rings (SSSR count). The molecule has 0 spiro atoms. The number of hydrogen-bond donors (Lipinski definition) is 1. The van der Waals surface area contributed by atoms with Gasteiger partial charge in [0.25, 0.3) is 0 Å². The lowest BCUT2D eigenvalue weighted by molar-refractivity contribution is -0.117. The Labute approximate surface area is 165 Å². The van der Waals surface area contributed by atoms with Crippen LogP contribution in [0.1, 0.15) is 6.42 Å². The average Bonchev–Trinajstić information content (AvgIpc) is 3.31. The number of ether oxygens (including phenoxy) is 2. The number of rotatable bonds is 7. The Morgan fingerprint density at radius 2 is 2.29 bits per heavy atom. The van der Waals surface area contributed by atoms with Gasteiger partial charge in [0, 0.05) is 30.4 Å². The molecule has 2 atom stereocenters. The molecule has 1 fully saturated rings. The Kier molecular flexibility index (Phi) is 5.19. The Morgan fingerprint density at radius 3 is 3.00 bits per heavy atom. The van der Waals surface area contributed by atoms with Crippen molar-refractivity contribution in [1.82, 2.24) is 9.97 Å². The number of carbonyl (C=O) groups excluding carboxylic acids is 1. The summed E-state index contributed by atoms with van der Waals surface area (Å²) in [5.74, 6) is 0.159. The molecule has 2 aromatic heterocycles. The maximum absolute atomic E-state index is 12.3. The molecule has 28 heavy (non-hydrogen) atoms. The van der Waals surface area contributed by atoms with Crippen molar-refractivity contribution < 1.29 is 14.3 Å². The molecule has 2 heterocycles. The van der Waals surface area contributed by atoms with Gasteiger partial charge < -0.3 is 14.8 Å². The first-order chi connectivity index (χ1) is 13.7. The molecular formula is C20H18N4O3S. The summed E-state index contributed by atoms with van der Waals surface area (Å²) in [6, 6.07) is 9.53. The summed E-state index contributed by atoms with van der Waals surface area (Å²) in [5.41, 5.74) is 3.97. The number of carbonyl (C=O) groups is 1. The van der Waals surface area contributed by atoms with Crippen molar-refractivity contribution in [2.45, 2.75) is 6.42 Å². The summed E-state index contributed by atoms with van der Waals surface area (Å²) in [5, 5.41) is 12.6. The maximum Gasteiger partial charge on any atom is 0.228 e. The van der Waals surface area contributed by atoms with Crippen LogP contribution in [0, 0.1) is 23.2 Å². The number of pyridine rings is 1. The van der Waals surface area contributed by atoms with E-state index in [0.29, 0.717) is 31.1 Å². The third kappa shape index (κ3) is 3.81. The average molecular weight is 394 g/mol. The molecular weight excluding hydrogens is 376 g/mol. The molecule has 0 aliphatic heterocycles. The molecule has 0 bridgehead atoms. The van der Waals surface area contributed by atoms with Crippen LogP contribution in [-0.2, 0) is 9.53 Å². The third-order valence-corrected chi connectivity index (χ3v) is 5.36. The predicted molar refractivity (Wildman–Crippen MR) is 106 cm³/mol.